The fourth-order valence-corrected chi connectivity index (χ4v) is 4.72. The number of nitrogens with one attached hydrogen (secondary N) is 1. The number of fused-ring (bicyclic) bond motifs is 1. The summed E-state index contributed by atoms with van der Waals surface area (Å²) in [6.07, 6.45) is 0. The highest BCUT2D eigenvalue weighted by Gasteiger charge is 2.28. The van der Waals surface area contributed by atoms with Crippen LogP contribution < -0.4 is 24.4 Å². The third-order valence-electron chi connectivity index (χ3n) is 5.71. The van der Waals surface area contributed by atoms with Gasteiger partial charge in [0.2, 0.25) is 5.91 Å². The molecule has 0 radical (unpaired) electrons. The summed E-state index contributed by atoms with van der Waals surface area (Å²) in [5.41, 5.74) is 3.65. The summed E-state index contributed by atoms with van der Waals surface area (Å²) >= 11 is 1.55. The molecular weight excluding hydrogens is 478 g/mol. The van der Waals surface area contributed by atoms with Crippen molar-refractivity contribution in [2.45, 2.75) is 0 Å². The summed E-state index contributed by atoms with van der Waals surface area (Å²) in [6.45, 7) is -0.319. The van der Waals surface area contributed by atoms with Gasteiger partial charge in [-0.1, -0.05) is 30.3 Å². The first-order valence-electron chi connectivity index (χ1n) is 11.2. The molecule has 1 N–H and O–H groups in total. The van der Waals surface area contributed by atoms with E-state index in [0.29, 0.717) is 28.6 Å². The van der Waals surface area contributed by atoms with E-state index in [4.69, 9.17) is 19.2 Å². The van der Waals surface area contributed by atoms with Crippen LogP contribution in [0.2, 0.25) is 0 Å². The minimum Gasteiger partial charge on any atom is -0.497 e. The van der Waals surface area contributed by atoms with Crippen LogP contribution in [-0.2, 0) is 9.59 Å². The minimum atomic E-state index is -0.370. The zero-order chi connectivity index (χ0) is 25.1. The number of rotatable bonds is 7. The molecule has 0 atom stereocenters. The Hall–Kier alpha value is -4.37. The fraction of sp³-hybridized carbons (Fsp3) is 0.148. The number of hydrogen-bond donors (Lipinski definition) is 1. The number of anilines is 2. The van der Waals surface area contributed by atoms with Crippen molar-refractivity contribution in [2.24, 2.45) is 0 Å². The number of carbonyl (C=O) groups is 2. The SMILES string of the molecule is COc1ccc(NC(=O)CN2C(=O)COc3ccc(-c4csc(-c5ccccc5)n4)cc32)c(OC)c1. The molecule has 5 rings (SSSR count). The predicted octanol–water partition coefficient (Wildman–Crippen LogP) is 4.86. The van der Waals surface area contributed by atoms with Crippen molar-refractivity contribution in [3.8, 4) is 39.1 Å². The van der Waals surface area contributed by atoms with E-state index in [-0.39, 0.29) is 25.0 Å². The molecule has 2 heterocycles. The van der Waals surface area contributed by atoms with Crippen molar-refractivity contribution in [1.29, 1.82) is 0 Å². The van der Waals surface area contributed by atoms with E-state index >= 15 is 0 Å². The van der Waals surface area contributed by atoms with Gasteiger partial charge in [-0.05, 0) is 30.3 Å². The van der Waals surface area contributed by atoms with E-state index in [0.717, 1.165) is 21.8 Å². The number of thiazole rings is 1. The van der Waals surface area contributed by atoms with Gasteiger partial charge in [0, 0.05) is 22.6 Å². The summed E-state index contributed by atoms with van der Waals surface area (Å²) in [5.74, 6) is 0.917. The van der Waals surface area contributed by atoms with E-state index in [1.807, 2.05) is 47.8 Å². The molecule has 1 aromatic heterocycles. The Morgan fingerprint density at radius 1 is 1.06 bits per heavy atom. The second-order valence-electron chi connectivity index (χ2n) is 7.97. The average Bonchev–Trinajstić information content (AvgIpc) is 3.41. The lowest BCUT2D eigenvalue weighted by atomic mass is 10.1. The summed E-state index contributed by atoms with van der Waals surface area (Å²) in [4.78, 5) is 31.9. The maximum absolute atomic E-state index is 12.9. The average molecular weight is 502 g/mol. The molecule has 8 nitrogen and oxygen atoms in total. The number of nitrogens with zero attached hydrogens (tertiary/aromatic N) is 2. The number of ether oxygens (including phenoxy) is 3. The Kier molecular flexibility index (Phi) is 6.55. The highest BCUT2D eigenvalue weighted by Crippen LogP contribution is 2.37. The molecule has 2 amide bonds. The lowest BCUT2D eigenvalue weighted by Crippen LogP contribution is -2.43. The van der Waals surface area contributed by atoms with Crippen molar-refractivity contribution < 1.29 is 23.8 Å². The molecule has 0 aliphatic carbocycles. The van der Waals surface area contributed by atoms with Crippen molar-refractivity contribution in [3.63, 3.8) is 0 Å². The zero-order valence-corrected chi connectivity index (χ0v) is 20.5. The predicted molar refractivity (Wildman–Crippen MR) is 139 cm³/mol. The van der Waals surface area contributed by atoms with Gasteiger partial charge in [0.1, 0.15) is 28.8 Å². The summed E-state index contributed by atoms with van der Waals surface area (Å²) in [6, 6.07) is 20.6. The largest absolute Gasteiger partial charge is 0.497 e. The molecule has 0 spiro atoms. The fourth-order valence-electron chi connectivity index (χ4n) is 3.89. The van der Waals surface area contributed by atoms with Gasteiger partial charge in [0.05, 0.1) is 31.3 Å². The van der Waals surface area contributed by atoms with E-state index in [9.17, 15) is 9.59 Å². The quantitative estimate of drug-likeness (QED) is 0.389. The first kappa shape index (κ1) is 23.4. The van der Waals surface area contributed by atoms with Crippen molar-refractivity contribution in [2.75, 3.05) is 37.6 Å². The number of amides is 2. The van der Waals surface area contributed by atoms with Crippen LogP contribution in [-0.4, -0.2) is 44.2 Å². The van der Waals surface area contributed by atoms with Crippen LogP contribution in [0.3, 0.4) is 0 Å². The maximum atomic E-state index is 12.9. The third-order valence-corrected chi connectivity index (χ3v) is 6.60. The third kappa shape index (κ3) is 4.73. The first-order chi connectivity index (χ1) is 17.6. The molecule has 4 aromatic rings. The molecule has 0 saturated heterocycles. The van der Waals surface area contributed by atoms with Crippen molar-refractivity contribution >= 4 is 34.5 Å². The number of benzene rings is 3. The molecule has 36 heavy (non-hydrogen) atoms. The Bertz CT molecular complexity index is 1420. The van der Waals surface area contributed by atoms with Gasteiger partial charge in [-0.3, -0.25) is 14.5 Å². The minimum absolute atomic E-state index is 0.139. The second kappa shape index (κ2) is 10.1. The molecule has 0 fully saturated rings. The highest BCUT2D eigenvalue weighted by molar-refractivity contribution is 7.13. The Morgan fingerprint density at radius 3 is 2.67 bits per heavy atom. The zero-order valence-electron chi connectivity index (χ0n) is 19.7. The van der Waals surface area contributed by atoms with Crippen molar-refractivity contribution in [3.05, 3.63) is 72.1 Å². The summed E-state index contributed by atoms with van der Waals surface area (Å²) in [5, 5.41) is 5.69. The molecular formula is C27H23N3O5S. The molecule has 0 unspecified atom stereocenters. The molecule has 9 heteroatoms. The van der Waals surface area contributed by atoms with Crippen LogP contribution in [0, 0.1) is 0 Å². The molecule has 0 bridgehead atoms. The lowest BCUT2D eigenvalue weighted by molar-refractivity contribution is -0.123. The van der Waals surface area contributed by atoms with E-state index in [1.54, 1.807) is 42.7 Å². The lowest BCUT2D eigenvalue weighted by Gasteiger charge is -2.29. The summed E-state index contributed by atoms with van der Waals surface area (Å²) in [7, 11) is 3.06. The van der Waals surface area contributed by atoms with Crippen LogP contribution in [0.1, 0.15) is 0 Å². The number of hydrogen-bond acceptors (Lipinski definition) is 7. The standard InChI is InChI=1S/C27H23N3O5S/c1-33-19-9-10-20(24(13-19)34-2)28-25(31)14-30-22-12-18(8-11-23(22)35-15-26(30)32)21-16-36-27(29-21)17-6-4-3-5-7-17/h3-13,16H,14-15H2,1-2H3,(H,28,31). The molecule has 0 saturated carbocycles. The van der Waals surface area contributed by atoms with Crippen LogP contribution in [0.4, 0.5) is 11.4 Å². The van der Waals surface area contributed by atoms with Gasteiger partial charge >= 0.3 is 0 Å². The maximum Gasteiger partial charge on any atom is 0.265 e. The number of aromatic nitrogens is 1. The molecule has 182 valence electrons. The van der Waals surface area contributed by atoms with E-state index < -0.39 is 0 Å². The van der Waals surface area contributed by atoms with Crippen LogP contribution in [0.5, 0.6) is 17.2 Å². The van der Waals surface area contributed by atoms with Gasteiger partial charge in [0.15, 0.2) is 6.61 Å². The van der Waals surface area contributed by atoms with Gasteiger partial charge in [-0.2, -0.15) is 0 Å². The highest BCUT2D eigenvalue weighted by atomic mass is 32.1. The van der Waals surface area contributed by atoms with Crippen molar-refractivity contribution in [1.82, 2.24) is 4.98 Å². The van der Waals surface area contributed by atoms with Gasteiger partial charge in [0.25, 0.3) is 5.91 Å². The molecule has 3 aromatic carbocycles. The molecule has 1 aliphatic rings. The van der Waals surface area contributed by atoms with Crippen LogP contribution in [0.15, 0.2) is 72.1 Å². The van der Waals surface area contributed by atoms with E-state index in [2.05, 4.69) is 5.32 Å². The monoisotopic (exact) mass is 501 g/mol. The molecule has 1 aliphatic heterocycles. The Balaban J connectivity index is 1.39. The number of carbonyl (C=O) groups excluding carboxylic acids is 2. The van der Waals surface area contributed by atoms with E-state index in [1.165, 1.54) is 12.0 Å². The number of methoxy groups -OCH3 is 2. The van der Waals surface area contributed by atoms with Gasteiger partial charge in [-0.25, -0.2) is 4.98 Å². The second-order valence-corrected chi connectivity index (χ2v) is 8.83. The topological polar surface area (TPSA) is 90.0 Å². The van der Waals surface area contributed by atoms with Crippen LogP contribution in [0.25, 0.3) is 21.8 Å². The normalized spacial score (nSPS) is 12.5. The Morgan fingerprint density at radius 2 is 1.89 bits per heavy atom. The first-order valence-corrected chi connectivity index (χ1v) is 12.0. The van der Waals surface area contributed by atoms with Gasteiger partial charge < -0.3 is 19.5 Å². The summed E-state index contributed by atoms with van der Waals surface area (Å²) < 4.78 is 16.2. The Labute approximate surface area is 212 Å². The smallest absolute Gasteiger partial charge is 0.265 e. The van der Waals surface area contributed by atoms with Crippen LogP contribution >= 0.6 is 11.3 Å². The van der Waals surface area contributed by atoms with Gasteiger partial charge in [-0.15, -0.1) is 11.3 Å².